The molecular formula is C13H12Br2N2O3. The highest BCUT2D eigenvalue weighted by molar-refractivity contribution is 9.11. The SMILES string of the molecule is CN1C(=O)CCC(NC(=O)c2cc(Br)cc(Br)c2)C1=O. The maximum atomic E-state index is 12.1. The van der Waals surface area contributed by atoms with Gasteiger partial charge in [-0.3, -0.25) is 19.3 Å². The molecule has 1 heterocycles. The third-order valence-electron chi connectivity index (χ3n) is 3.08. The number of likely N-dealkylation sites (tertiary alicyclic amines) is 1. The molecule has 1 saturated heterocycles. The smallest absolute Gasteiger partial charge is 0.252 e. The Bertz CT molecular complexity index is 569. The lowest BCUT2D eigenvalue weighted by atomic mass is 10.0. The minimum atomic E-state index is -0.650. The van der Waals surface area contributed by atoms with Crippen LogP contribution in [-0.2, 0) is 9.59 Å². The summed E-state index contributed by atoms with van der Waals surface area (Å²) in [6.45, 7) is 0. The summed E-state index contributed by atoms with van der Waals surface area (Å²) in [4.78, 5) is 36.5. The molecule has 1 N–H and O–H groups in total. The number of amides is 3. The quantitative estimate of drug-likeness (QED) is 0.769. The summed E-state index contributed by atoms with van der Waals surface area (Å²) in [5.41, 5.74) is 0.443. The Hall–Kier alpha value is -1.21. The van der Waals surface area contributed by atoms with E-state index in [0.29, 0.717) is 12.0 Å². The molecule has 1 aliphatic heterocycles. The van der Waals surface area contributed by atoms with Crippen molar-refractivity contribution in [2.24, 2.45) is 0 Å². The molecule has 0 aromatic heterocycles. The standard InChI is InChI=1S/C13H12Br2N2O3/c1-17-11(18)3-2-10(13(17)20)16-12(19)7-4-8(14)6-9(15)5-7/h4-6,10H,2-3H2,1H3,(H,16,19). The molecule has 0 aliphatic carbocycles. The molecule has 3 amide bonds. The van der Waals surface area contributed by atoms with Crippen molar-refractivity contribution in [2.45, 2.75) is 18.9 Å². The zero-order valence-electron chi connectivity index (χ0n) is 10.7. The van der Waals surface area contributed by atoms with Gasteiger partial charge in [-0.15, -0.1) is 0 Å². The van der Waals surface area contributed by atoms with Crippen molar-refractivity contribution in [2.75, 3.05) is 7.05 Å². The number of hydrogen-bond donors (Lipinski definition) is 1. The summed E-state index contributed by atoms with van der Waals surface area (Å²) in [5, 5.41) is 2.67. The van der Waals surface area contributed by atoms with Gasteiger partial charge in [-0.05, 0) is 24.6 Å². The number of nitrogens with zero attached hydrogens (tertiary/aromatic N) is 1. The number of likely N-dealkylation sites (N-methyl/N-ethyl adjacent to an activating group) is 1. The molecule has 1 aliphatic rings. The summed E-state index contributed by atoms with van der Waals surface area (Å²) < 4.78 is 1.53. The zero-order chi connectivity index (χ0) is 14.9. The first-order valence-corrected chi connectivity index (χ1v) is 7.54. The molecule has 0 bridgehead atoms. The fraction of sp³-hybridized carbons (Fsp3) is 0.308. The Morgan fingerprint density at radius 3 is 2.45 bits per heavy atom. The predicted octanol–water partition coefficient (Wildman–Crippen LogP) is 2.09. The van der Waals surface area contributed by atoms with Crippen LogP contribution in [0.5, 0.6) is 0 Å². The van der Waals surface area contributed by atoms with Gasteiger partial charge in [-0.1, -0.05) is 31.9 Å². The molecule has 0 radical (unpaired) electrons. The summed E-state index contributed by atoms with van der Waals surface area (Å²) in [5.74, 6) is -0.928. The average molecular weight is 404 g/mol. The van der Waals surface area contributed by atoms with Gasteiger partial charge in [0.1, 0.15) is 6.04 Å². The van der Waals surface area contributed by atoms with Crippen LogP contribution in [0.2, 0.25) is 0 Å². The van der Waals surface area contributed by atoms with Gasteiger partial charge in [0.05, 0.1) is 0 Å². The number of nitrogens with one attached hydrogen (secondary N) is 1. The van der Waals surface area contributed by atoms with Crippen LogP contribution in [-0.4, -0.2) is 35.7 Å². The molecule has 106 valence electrons. The summed E-state index contributed by atoms with van der Waals surface area (Å²) in [6.07, 6.45) is 0.596. The van der Waals surface area contributed by atoms with E-state index in [4.69, 9.17) is 0 Å². The van der Waals surface area contributed by atoms with Crippen LogP contribution in [0.3, 0.4) is 0 Å². The third kappa shape index (κ3) is 3.27. The maximum Gasteiger partial charge on any atom is 0.252 e. The largest absolute Gasteiger partial charge is 0.340 e. The number of carbonyl (C=O) groups is 3. The van der Waals surface area contributed by atoms with Gasteiger partial charge in [0.15, 0.2) is 0 Å². The lowest BCUT2D eigenvalue weighted by Crippen LogP contribution is -2.52. The summed E-state index contributed by atoms with van der Waals surface area (Å²) in [7, 11) is 1.43. The number of halogens is 2. The highest BCUT2D eigenvalue weighted by Gasteiger charge is 2.32. The normalized spacial score (nSPS) is 19.1. The van der Waals surface area contributed by atoms with Gasteiger partial charge in [-0.25, -0.2) is 0 Å². The maximum absolute atomic E-state index is 12.1. The van der Waals surface area contributed by atoms with Crippen molar-refractivity contribution < 1.29 is 14.4 Å². The Kier molecular flexibility index (Phi) is 4.59. The Morgan fingerprint density at radius 1 is 1.25 bits per heavy atom. The van der Waals surface area contributed by atoms with Gasteiger partial charge >= 0.3 is 0 Å². The van der Waals surface area contributed by atoms with E-state index < -0.39 is 6.04 Å². The van der Waals surface area contributed by atoms with E-state index in [1.807, 2.05) is 6.07 Å². The molecular weight excluding hydrogens is 392 g/mol. The van der Waals surface area contributed by atoms with Crippen molar-refractivity contribution in [3.63, 3.8) is 0 Å². The molecule has 1 aromatic rings. The third-order valence-corrected chi connectivity index (χ3v) is 4.00. The van der Waals surface area contributed by atoms with E-state index in [9.17, 15) is 14.4 Å². The molecule has 0 spiro atoms. The zero-order valence-corrected chi connectivity index (χ0v) is 13.8. The number of rotatable bonds is 2. The van der Waals surface area contributed by atoms with Crippen LogP contribution in [0.1, 0.15) is 23.2 Å². The van der Waals surface area contributed by atoms with Gasteiger partial charge in [0.2, 0.25) is 5.91 Å². The number of imide groups is 1. The summed E-state index contributed by atoms with van der Waals surface area (Å²) in [6, 6.07) is 4.50. The van der Waals surface area contributed by atoms with Gasteiger partial charge < -0.3 is 5.32 Å². The minimum absolute atomic E-state index is 0.217. The second kappa shape index (κ2) is 6.05. The Morgan fingerprint density at radius 2 is 1.85 bits per heavy atom. The van der Waals surface area contributed by atoms with Crippen LogP contribution in [0.4, 0.5) is 0 Å². The van der Waals surface area contributed by atoms with Gasteiger partial charge in [0.25, 0.3) is 11.8 Å². The monoisotopic (exact) mass is 402 g/mol. The molecule has 1 aromatic carbocycles. The summed E-state index contributed by atoms with van der Waals surface area (Å²) >= 11 is 6.61. The molecule has 0 saturated carbocycles. The second-order valence-electron chi connectivity index (χ2n) is 4.51. The average Bonchev–Trinajstić information content (AvgIpc) is 2.38. The van der Waals surface area contributed by atoms with Crippen LogP contribution in [0.15, 0.2) is 27.1 Å². The molecule has 1 unspecified atom stereocenters. The van der Waals surface area contributed by atoms with Crippen molar-refractivity contribution in [1.29, 1.82) is 0 Å². The van der Waals surface area contributed by atoms with Crippen LogP contribution in [0, 0.1) is 0 Å². The fourth-order valence-corrected chi connectivity index (χ4v) is 3.27. The van der Waals surface area contributed by atoms with E-state index in [1.54, 1.807) is 12.1 Å². The van der Waals surface area contributed by atoms with E-state index in [2.05, 4.69) is 37.2 Å². The van der Waals surface area contributed by atoms with E-state index >= 15 is 0 Å². The molecule has 1 fully saturated rings. The minimum Gasteiger partial charge on any atom is -0.340 e. The molecule has 2 rings (SSSR count). The fourth-order valence-electron chi connectivity index (χ4n) is 1.98. The molecule has 7 heteroatoms. The van der Waals surface area contributed by atoms with Crippen LogP contribution < -0.4 is 5.32 Å². The number of carbonyl (C=O) groups excluding carboxylic acids is 3. The molecule has 1 atom stereocenters. The Balaban J connectivity index is 2.11. The van der Waals surface area contributed by atoms with Gasteiger partial charge in [0, 0.05) is 28.0 Å². The highest BCUT2D eigenvalue weighted by atomic mass is 79.9. The van der Waals surface area contributed by atoms with Crippen molar-refractivity contribution in [3.8, 4) is 0 Å². The molecule has 20 heavy (non-hydrogen) atoms. The van der Waals surface area contributed by atoms with E-state index in [1.165, 1.54) is 7.05 Å². The number of benzene rings is 1. The first kappa shape index (κ1) is 15.2. The van der Waals surface area contributed by atoms with Crippen LogP contribution >= 0.6 is 31.9 Å². The van der Waals surface area contributed by atoms with Crippen molar-refractivity contribution >= 4 is 49.6 Å². The predicted molar refractivity (Wildman–Crippen MR) is 80.1 cm³/mol. The first-order chi connectivity index (χ1) is 9.38. The van der Waals surface area contributed by atoms with Crippen molar-refractivity contribution in [3.05, 3.63) is 32.7 Å². The number of hydrogen-bond acceptors (Lipinski definition) is 3. The molecule has 5 nitrogen and oxygen atoms in total. The number of piperidine rings is 1. The van der Waals surface area contributed by atoms with E-state index in [-0.39, 0.29) is 24.1 Å². The lowest BCUT2D eigenvalue weighted by Gasteiger charge is -2.28. The topological polar surface area (TPSA) is 66.5 Å². The lowest BCUT2D eigenvalue weighted by molar-refractivity contribution is -0.147. The van der Waals surface area contributed by atoms with Gasteiger partial charge in [-0.2, -0.15) is 0 Å². The first-order valence-electron chi connectivity index (χ1n) is 5.96. The highest BCUT2D eigenvalue weighted by Crippen LogP contribution is 2.20. The van der Waals surface area contributed by atoms with Crippen molar-refractivity contribution in [1.82, 2.24) is 10.2 Å². The second-order valence-corrected chi connectivity index (χ2v) is 6.35. The van der Waals surface area contributed by atoms with E-state index in [0.717, 1.165) is 13.8 Å². The van der Waals surface area contributed by atoms with Crippen LogP contribution in [0.25, 0.3) is 0 Å². The Labute approximate surface area is 133 Å².